The minimum atomic E-state index is -0.724. The van der Waals surface area contributed by atoms with Crippen molar-refractivity contribution in [3.63, 3.8) is 0 Å². The van der Waals surface area contributed by atoms with Crippen LogP contribution in [0, 0.1) is 0 Å². The zero-order valence-corrected chi connectivity index (χ0v) is 12.6. The first-order valence-electron chi connectivity index (χ1n) is 7.15. The van der Waals surface area contributed by atoms with Gasteiger partial charge in [0.15, 0.2) is 0 Å². The van der Waals surface area contributed by atoms with Crippen molar-refractivity contribution in [3.8, 4) is 0 Å². The number of benzene rings is 1. The van der Waals surface area contributed by atoms with E-state index in [0.29, 0.717) is 10.7 Å². The Kier molecular flexibility index (Phi) is 5.44. The maximum absolute atomic E-state index is 12.2. The molecule has 2 rings (SSSR count). The molecule has 1 aliphatic rings. The number of piperidine rings is 1. The van der Waals surface area contributed by atoms with Crippen molar-refractivity contribution in [2.24, 2.45) is 5.73 Å². The second-order valence-corrected chi connectivity index (χ2v) is 5.69. The van der Waals surface area contributed by atoms with E-state index in [0.717, 1.165) is 32.4 Å². The quantitative estimate of drug-likeness (QED) is 0.873. The highest BCUT2D eigenvalue weighted by atomic mass is 35.5. The minimum Gasteiger partial charge on any atom is -0.373 e. The van der Waals surface area contributed by atoms with Gasteiger partial charge in [0.25, 0.3) is 0 Å². The standard InChI is InChI=1S/C15H20ClN3O2/c16-11-5-4-6-12(9-11)18-13(15(17)21)10-14(20)19-7-2-1-3-8-19/h4-6,9,13,18H,1-3,7-8,10H2,(H2,17,21). The van der Waals surface area contributed by atoms with Crippen LogP contribution in [0.4, 0.5) is 5.69 Å². The molecular weight excluding hydrogens is 290 g/mol. The van der Waals surface area contributed by atoms with Gasteiger partial charge in [-0.25, -0.2) is 0 Å². The van der Waals surface area contributed by atoms with Crippen LogP contribution in [0.1, 0.15) is 25.7 Å². The van der Waals surface area contributed by atoms with Crippen molar-refractivity contribution in [2.75, 3.05) is 18.4 Å². The van der Waals surface area contributed by atoms with Gasteiger partial charge in [0.05, 0.1) is 6.42 Å². The molecule has 0 bridgehead atoms. The number of nitrogens with zero attached hydrogens (tertiary/aromatic N) is 1. The third kappa shape index (κ3) is 4.63. The third-order valence-electron chi connectivity index (χ3n) is 3.60. The van der Waals surface area contributed by atoms with E-state index in [-0.39, 0.29) is 12.3 Å². The van der Waals surface area contributed by atoms with Gasteiger partial charge < -0.3 is 16.0 Å². The summed E-state index contributed by atoms with van der Waals surface area (Å²) in [7, 11) is 0. The fraction of sp³-hybridized carbons (Fsp3) is 0.467. The number of nitrogens with two attached hydrogens (primary N) is 1. The SMILES string of the molecule is NC(=O)C(CC(=O)N1CCCCC1)Nc1cccc(Cl)c1. The fourth-order valence-electron chi connectivity index (χ4n) is 2.45. The Morgan fingerprint density at radius 2 is 2.00 bits per heavy atom. The number of nitrogens with one attached hydrogen (secondary N) is 1. The minimum absolute atomic E-state index is 0.0342. The number of likely N-dealkylation sites (tertiary alicyclic amines) is 1. The van der Waals surface area contributed by atoms with Gasteiger partial charge in [0.1, 0.15) is 6.04 Å². The van der Waals surface area contributed by atoms with Gasteiger partial charge in [-0.15, -0.1) is 0 Å². The van der Waals surface area contributed by atoms with Crippen LogP contribution in [0.15, 0.2) is 24.3 Å². The van der Waals surface area contributed by atoms with Gasteiger partial charge in [0, 0.05) is 23.8 Å². The van der Waals surface area contributed by atoms with E-state index in [9.17, 15) is 9.59 Å². The lowest BCUT2D eigenvalue weighted by atomic mass is 10.1. The molecule has 1 aliphatic heterocycles. The topological polar surface area (TPSA) is 75.4 Å². The van der Waals surface area contributed by atoms with Crippen LogP contribution < -0.4 is 11.1 Å². The summed E-state index contributed by atoms with van der Waals surface area (Å²) in [6, 6.07) is 6.27. The lowest BCUT2D eigenvalue weighted by Crippen LogP contribution is -2.43. The van der Waals surface area contributed by atoms with Gasteiger partial charge >= 0.3 is 0 Å². The molecule has 5 nitrogen and oxygen atoms in total. The fourth-order valence-corrected chi connectivity index (χ4v) is 2.64. The highest BCUT2D eigenvalue weighted by molar-refractivity contribution is 6.30. The molecule has 3 N–H and O–H groups in total. The molecule has 21 heavy (non-hydrogen) atoms. The number of carbonyl (C=O) groups excluding carboxylic acids is 2. The molecule has 6 heteroatoms. The van der Waals surface area contributed by atoms with E-state index < -0.39 is 11.9 Å². The molecule has 1 heterocycles. The first-order chi connectivity index (χ1) is 10.1. The molecule has 114 valence electrons. The van der Waals surface area contributed by atoms with Gasteiger partial charge in [0.2, 0.25) is 11.8 Å². The lowest BCUT2D eigenvalue weighted by Gasteiger charge is -2.28. The first kappa shape index (κ1) is 15.6. The van der Waals surface area contributed by atoms with E-state index >= 15 is 0 Å². The monoisotopic (exact) mass is 309 g/mol. The molecule has 1 aromatic rings. The van der Waals surface area contributed by atoms with Crippen molar-refractivity contribution >= 4 is 29.1 Å². The Hall–Kier alpha value is -1.75. The number of primary amides is 1. The maximum Gasteiger partial charge on any atom is 0.240 e. The summed E-state index contributed by atoms with van der Waals surface area (Å²) in [6.07, 6.45) is 3.27. The Bertz CT molecular complexity index is 515. The predicted molar refractivity (Wildman–Crippen MR) is 83.1 cm³/mol. The molecule has 0 aliphatic carbocycles. The van der Waals surface area contributed by atoms with Crippen LogP contribution in [0.25, 0.3) is 0 Å². The Balaban J connectivity index is 1.98. The van der Waals surface area contributed by atoms with Crippen LogP contribution in [0.2, 0.25) is 5.02 Å². The number of amides is 2. The number of hydrogen-bond donors (Lipinski definition) is 2. The summed E-state index contributed by atoms with van der Waals surface area (Å²) in [4.78, 5) is 25.6. The highest BCUT2D eigenvalue weighted by Crippen LogP contribution is 2.17. The van der Waals surface area contributed by atoms with Gasteiger partial charge in [-0.3, -0.25) is 9.59 Å². The third-order valence-corrected chi connectivity index (χ3v) is 3.83. The van der Waals surface area contributed by atoms with Gasteiger partial charge in [-0.1, -0.05) is 17.7 Å². The number of anilines is 1. The summed E-state index contributed by atoms with van der Waals surface area (Å²) in [5.74, 6) is -0.576. The van der Waals surface area contributed by atoms with E-state index in [1.807, 2.05) is 0 Å². The summed E-state index contributed by atoms with van der Waals surface area (Å²) in [6.45, 7) is 1.53. The second-order valence-electron chi connectivity index (χ2n) is 5.26. The normalized spacial score (nSPS) is 16.3. The Morgan fingerprint density at radius 1 is 1.29 bits per heavy atom. The largest absolute Gasteiger partial charge is 0.373 e. The molecule has 0 radical (unpaired) electrons. The van der Waals surface area contributed by atoms with Gasteiger partial charge in [-0.2, -0.15) is 0 Å². The second kappa shape index (κ2) is 7.31. The van der Waals surface area contributed by atoms with Crippen molar-refractivity contribution < 1.29 is 9.59 Å². The van der Waals surface area contributed by atoms with E-state index in [1.165, 1.54) is 0 Å². The van der Waals surface area contributed by atoms with E-state index in [2.05, 4.69) is 5.32 Å². The van der Waals surface area contributed by atoms with Gasteiger partial charge in [-0.05, 0) is 37.5 Å². The molecule has 1 saturated heterocycles. The molecular formula is C15H20ClN3O2. The van der Waals surface area contributed by atoms with Crippen molar-refractivity contribution in [1.29, 1.82) is 0 Å². The molecule has 0 saturated carbocycles. The molecule has 1 unspecified atom stereocenters. The Labute approximate surface area is 129 Å². The van der Waals surface area contributed by atoms with Crippen LogP contribution in [0.3, 0.4) is 0 Å². The molecule has 2 amide bonds. The first-order valence-corrected chi connectivity index (χ1v) is 7.53. The zero-order valence-electron chi connectivity index (χ0n) is 11.8. The highest BCUT2D eigenvalue weighted by Gasteiger charge is 2.24. The summed E-state index contributed by atoms with van der Waals surface area (Å²) in [5.41, 5.74) is 6.07. The average Bonchev–Trinajstić information content (AvgIpc) is 2.47. The zero-order chi connectivity index (χ0) is 15.2. The summed E-state index contributed by atoms with van der Waals surface area (Å²) in [5, 5.41) is 3.54. The van der Waals surface area contributed by atoms with Crippen molar-refractivity contribution in [1.82, 2.24) is 4.90 Å². The number of hydrogen-bond acceptors (Lipinski definition) is 3. The Morgan fingerprint density at radius 3 is 2.62 bits per heavy atom. The number of carbonyl (C=O) groups is 2. The lowest BCUT2D eigenvalue weighted by molar-refractivity contribution is -0.134. The maximum atomic E-state index is 12.2. The van der Waals surface area contributed by atoms with Crippen molar-refractivity contribution in [3.05, 3.63) is 29.3 Å². The van der Waals surface area contributed by atoms with Crippen LogP contribution in [-0.2, 0) is 9.59 Å². The van der Waals surface area contributed by atoms with Crippen LogP contribution >= 0.6 is 11.6 Å². The molecule has 0 aromatic heterocycles. The number of halogens is 1. The van der Waals surface area contributed by atoms with Crippen molar-refractivity contribution in [2.45, 2.75) is 31.7 Å². The molecule has 1 aromatic carbocycles. The molecule has 1 fully saturated rings. The van der Waals surface area contributed by atoms with Crippen LogP contribution in [0.5, 0.6) is 0 Å². The summed E-state index contributed by atoms with van der Waals surface area (Å²) < 4.78 is 0. The molecule has 0 spiro atoms. The predicted octanol–water partition coefficient (Wildman–Crippen LogP) is 2.01. The average molecular weight is 310 g/mol. The van der Waals surface area contributed by atoms with E-state index in [4.69, 9.17) is 17.3 Å². The smallest absolute Gasteiger partial charge is 0.240 e. The molecule has 1 atom stereocenters. The van der Waals surface area contributed by atoms with Crippen LogP contribution in [-0.4, -0.2) is 35.8 Å². The van der Waals surface area contributed by atoms with E-state index in [1.54, 1.807) is 29.2 Å². The summed E-state index contributed by atoms with van der Waals surface area (Å²) >= 11 is 5.90. The number of rotatable bonds is 5.